The van der Waals surface area contributed by atoms with Crippen LogP contribution in [0.25, 0.3) is 46.3 Å². The molecule has 74 heavy (non-hydrogen) atoms. The van der Waals surface area contributed by atoms with Crippen LogP contribution in [-0.2, 0) is 25.6 Å². The SMILES string of the molecule is COC(=O)c1coc(-c2coc(-c3coc(C(CCCCNC(=O)OC(C)(C)C)NC(=O)c4coc(-c5coc(-c6coc(C(CCCCNC(=O)OC(C)(C)C)NC(=O)OCc7ccccc7)n6)n5)n4)n3)n2)n1. The van der Waals surface area contributed by atoms with Gasteiger partial charge >= 0.3 is 24.2 Å². The lowest BCUT2D eigenvalue weighted by molar-refractivity contribution is 0.0515. The molecule has 2 unspecified atom stereocenters. The van der Waals surface area contributed by atoms with Crippen molar-refractivity contribution in [2.45, 2.75) is 110 Å². The zero-order chi connectivity index (χ0) is 52.8. The summed E-state index contributed by atoms with van der Waals surface area (Å²) in [7, 11) is 1.22. The van der Waals surface area contributed by atoms with Crippen molar-refractivity contribution in [3.8, 4) is 46.3 Å². The summed E-state index contributed by atoms with van der Waals surface area (Å²) in [6, 6.07) is 7.65. The van der Waals surface area contributed by atoms with Gasteiger partial charge in [0.1, 0.15) is 67.5 Å². The summed E-state index contributed by atoms with van der Waals surface area (Å²) in [5, 5.41) is 11.1. The first kappa shape index (κ1) is 53.0. The Balaban J connectivity index is 1.01. The normalized spacial score (nSPS) is 12.4. The second kappa shape index (κ2) is 24.1. The maximum Gasteiger partial charge on any atom is 0.408 e. The Hall–Kier alpha value is -8.77. The number of oxazole rings is 6. The highest BCUT2D eigenvalue weighted by molar-refractivity contribution is 5.92. The lowest BCUT2D eigenvalue weighted by Crippen LogP contribution is -2.33. The third kappa shape index (κ3) is 15.4. The minimum absolute atomic E-state index is 0.00270. The van der Waals surface area contributed by atoms with E-state index in [1.807, 2.05) is 30.3 Å². The summed E-state index contributed by atoms with van der Waals surface area (Å²) in [5.74, 6) is -1.08. The standard InChI is InChI=1S/C49H56N10O15/c1-48(2,3)73-45(62)50-19-13-11-17-29(38-54-33(23-67-38)41-57-35(26-70-41)43-58-36(27-71-43)44(61)65-7)52-37(60)31-22-66-40(53-31)32-25-69-42(56-32)34-24-68-39(55-34)30(18-12-14-20-51-46(63)74-49(4,5)6)59-47(64)72-21-28-15-9-8-10-16-28/h8-10,15-16,22-27,29-30H,11-14,17-21H2,1-7H3,(H,50,62)(H,51,63)(H,52,60)(H,59,64). The molecule has 392 valence electrons. The largest absolute Gasteiger partial charge is 0.464 e. The number of methoxy groups -OCH3 is 1. The fourth-order valence-electron chi connectivity index (χ4n) is 6.77. The van der Waals surface area contributed by atoms with Crippen LogP contribution in [-0.4, -0.2) is 91.5 Å². The number of carbonyl (C=O) groups excluding carboxylic acids is 5. The molecule has 1 aromatic carbocycles. The van der Waals surface area contributed by atoms with Crippen LogP contribution in [0.15, 0.2) is 94.4 Å². The molecule has 0 spiro atoms. The number of carbonyl (C=O) groups is 5. The second-order valence-corrected chi connectivity index (χ2v) is 18.4. The predicted octanol–water partition coefficient (Wildman–Crippen LogP) is 8.90. The van der Waals surface area contributed by atoms with Crippen LogP contribution in [0.4, 0.5) is 14.4 Å². The average molecular weight is 1030 g/mol. The topological polar surface area (TPSA) is 327 Å². The minimum Gasteiger partial charge on any atom is -0.464 e. The number of hydrogen-bond acceptors (Lipinski definition) is 21. The van der Waals surface area contributed by atoms with Crippen LogP contribution in [0.1, 0.15) is 130 Å². The number of amides is 4. The van der Waals surface area contributed by atoms with Gasteiger partial charge in [0, 0.05) is 13.1 Å². The van der Waals surface area contributed by atoms with E-state index >= 15 is 0 Å². The van der Waals surface area contributed by atoms with E-state index in [9.17, 15) is 24.0 Å². The molecule has 7 rings (SSSR count). The zero-order valence-corrected chi connectivity index (χ0v) is 41.7. The number of ether oxygens (including phenoxy) is 4. The first-order chi connectivity index (χ1) is 35.4. The van der Waals surface area contributed by atoms with Crippen molar-refractivity contribution in [1.82, 2.24) is 51.2 Å². The molecule has 0 saturated carbocycles. The van der Waals surface area contributed by atoms with E-state index in [2.05, 4.69) is 55.9 Å². The van der Waals surface area contributed by atoms with Crippen molar-refractivity contribution in [3.05, 3.63) is 96.6 Å². The highest BCUT2D eigenvalue weighted by atomic mass is 16.6. The Morgan fingerprint density at radius 2 is 0.973 bits per heavy atom. The van der Waals surface area contributed by atoms with Gasteiger partial charge in [-0.2, -0.15) is 0 Å². The van der Waals surface area contributed by atoms with E-state index in [1.165, 1.54) is 32.2 Å². The molecule has 0 radical (unpaired) electrons. The number of alkyl carbamates (subject to hydrolysis) is 3. The molecule has 2 atom stereocenters. The molecule has 4 N–H and O–H groups in total. The highest BCUT2D eigenvalue weighted by Crippen LogP contribution is 2.30. The molecule has 0 aliphatic carbocycles. The minimum atomic E-state index is -0.820. The fraction of sp³-hybridized carbons (Fsp3) is 0.408. The number of rotatable bonds is 22. The van der Waals surface area contributed by atoms with Gasteiger partial charge in [-0.25, -0.2) is 49.1 Å². The highest BCUT2D eigenvalue weighted by Gasteiger charge is 2.28. The predicted molar refractivity (Wildman–Crippen MR) is 255 cm³/mol. The number of esters is 1. The Kier molecular flexibility index (Phi) is 17.3. The van der Waals surface area contributed by atoms with Gasteiger partial charge in [-0.05, 0) is 85.6 Å². The van der Waals surface area contributed by atoms with Crippen molar-refractivity contribution >= 4 is 30.2 Å². The third-order valence-corrected chi connectivity index (χ3v) is 10.1. The van der Waals surface area contributed by atoms with E-state index in [-0.39, 0.29) is 76.1 Å². The second-order valence-electron chi connectivity index (χ2n) is 18.4. The number of hydrogen-bond donors (Lipinski definition) is 4. The van der Waals surface area contributed by atoms with E-state index in [0.29, 0.717) is 51.6 Å². The van der Waals surface area contributed by atoms with Crippen LogP contribution in [0.5, 0.6) is 0 Å². The summed E-state index contributed by atoms with van der Waals surface area (Å²) in [5.41, 5.74) is -0.00295. The van der Waals surface area contributed by atoms with Gasteiger partial charge in [0.15, 0.2) is 34.2 Å². The average Bonchev–Trinajstić information content (AvgIpc) is 4.21. The van der Waals surface area contributed by atoms with E-state index in [1.54, 1.807) is 41.5 Å². The molecule has 25 heteroatoms. The van der Waals surface area contributed by atoms with Crippen molar-refractivity contribution in [2.75, 3.05) is 20.2 Å². The molecular formula is C49H56N10O15. The number of benzene rings is 1. The molecular weight excluding hydrogens is 969 g/mol. The van der Waals surface area contributed by atoms with Gasteiger partial charge in [-0.15, -0.1) is 0 Å². The lowest BCUT2D eigenvalue weighted by atomic mass is 10.1. The molecule has 25 nitrogen and oxygen atoms in total. The van der Waals surface area contributed by atoms with Crippen molar-refractivity contribution < 1.29 is 69.4 Å². The van der Waals surface area contributed by atoms with E-state index < -0.39 is 53.4 Å². The van der Waals surface area contributed by atoms with Gasteiger partial charge in [-0.3, -0.25) is 4.79 Å². The summed E-state index contributed by atoms with van der Waals surface area (Å²) >= 11 is 0. The molecule has 0 bridgehead atoms. The van der Waals surface area contributed by atoms with Crippen molar-refractivity contribution in [3.63, 3.8) is 0 Å². The van der Waals surface area contributed by atoms with Gasteiger partial charge in [0.2, 0.25) is 35.3 Å². The Labute approximate surface area is 422 Å². The van der Waals surface area contributed by atoms with Crippen LogP contribution in [0, 0.1) is 0 Å². The maximum absolute atomic E-state index is 13.8. The molecule has 0 fully saturated rings. The van der Waals surface area contributed by atoms with E-state index in [4.69, 9.17) is 40.7 Å². The summed E-state index contributed by atoms with van der Waals surface area (Å²) < 4.78 is 54.7. The summed E-state index contributed by atoms with van der Waals surface area (Å²) in [4.78, 5) is 89.3. The lowest BCUT2D eigenvalue weighted by Gasteiger charge is -2.20. The number of unbranched alkanes of at least 4 members (excludes halogenated alkanes) is 2. The van der Waals surface area contributed by atoms with Crippen LogP contribution >= 0.6 is 0 Å². The molecule has 0 aliphatic heterocycles. The van der Waals surface area contributed by atoms with Gasteiger partial charge in [-0.1, -0.05) is 30.3 Å². The molecule has 6 aromatic heterocycles. The zero-order valence-electron chi connectivity index (χ0n) is 41.7. The molecule has 4 amide bonds. The molecule has 0 saturated heterocycles. The number of nitrogens with one attached hydrogen (secondary N) is 4. The smallest absolute Gasteiger partial charge is 0.408 e. The van der Waals surface area contributed by atoms with Crippen LogP contribution in [0.2, 0.25) is 0 Å². The number of nitrogens with zero attached hydrogens (tertiary/aromatic N) is 6. The molecule has 7 aromatic rings. The molecule has 6 heterocycles. The maximum atomic E-state index is 13.8. The monoisotopic (exact) mass is 1020 g/mol. The Morgan fingerprint density at radius 1 is 0.527 bits per heavy atom. The van der Waals surface area contributed by atoms with Gasteiger partial charge < -0.3 is 66.7 Å². The van der Waals surface area contributed by atoms with E-state index in [0.717, 1.165) is 18.1 Å². The van der Waals surface area contributed by atoms with Crippen LogP contribution in [0.3, 0.4) is 0 Å². The van der Waals surface area contributed by atoms with Crippen molar-refractivity contribution in [2.24, 2.45) is 0 Å². The molecule has 0 aliphatic rings. The first-order valence-electron chi connectivity index (χ1n) is 23.4. The number of aromatic nitrogens is 6. The first-order valence-corrected chi connectivity index (χ1v) is 23.4. The Bertz CT molecular complexity index is 2970. The summed E-state index contributed by atoms with van der Waals surface area (Å²) in [6.45, 7) is 11.3. The fourth-order valence-corrected chi connectivity index (χ4v) is 6.77. The van der Waals surface area contributed by atoms with Crippen molar-refractivity contribution in [1.29, 1.82) is 0 Å². The van der Waals surface area contributed by atoms with Gasteiger partial charge in [0.25, 0.3) is 5.91 Å². The Morgan fingerprint density at radius 3 is 1.49 bits per heavy atom. The van der Waals surface area contributed by atoms with Crippen LogP contribution < -0.4 is 21.3 Å². The summed E-state index contributed by atoms with van der Waals surface area (Å²) in [6.07, 6.45) is 8.40. The van der Waals surface area contributed by atoms with Gasteiger partial charge in [0.05, 0.1) is 7.11 Å². The third-order valence-electron chi connectivity index (χ3n) is 10.1. The quantitative estimate of drug-likeness (QED) is 0.0279.